The van der Waals surface area contributed by atoms with E-state index in [1.54, 1.807) is 50.6 Å². The lowest BCUT2D eigenvalue weighted by Gasteiger charge is -2.13. The monoisotopic (exact) mass is 399 g/mol. The van der Waals surface area contributed by atoms with Crippen molar-refractivity contribution in [1.82, 2.24) is 4.98 Å². The molecule has 1 aromatic heterocycles. The van der Waals surface area contributed by atoms with E-state index in [1.807, 2.05) is 6.07 Å². The van der Waals surface area contributed by atoms with Crippen molar-refractivity contribution < 1.29 is 9.47 Å². The second kappa shape index (κ2) is 7.75. The van der Waals surface area contributed by atoms with Gasteiger partial charge in [0, 0.05) is 16.7 Å². The van der Waals surface area contributed by atoms with Crippen LogP contribution in [0.4, 0.5) is 5.82 Å². The van der Waals surface area contributed by atoms with Crippen molar-refractivity contribution in [2.24, 2.45) is 0 Å². The van der Waals surface area contributed by atoms with E-state index in [9.17, 15) is 5.26 Å². The normalized spacial score (nSPS) is 10.3. The number of nitrogens with two attached hydrogens (primary N) is 1. The molecule has 27 heavy (non-hydrogen) atoms. The Bertz CT molecular complexity index is 1060. The van der Waals surface area contributed by atoms with E-state index in [4.69, 9.17) is 38.4 Å². The molecule has 0 spiro atoms. The van der Waals surface area contributed by atoms with E-state index in [-0.39, 0.29) is 11.4 Å². The molecule has 5 nitrogen and oxygen atoms in total. The molecule has 0 aliphatic heterocycles. The highest BCUT2D eigenvalue weighted by atomic mass is 35.5. The highest BCUT2D eigenvalue weighted by molar-refractivity contribution is 6.43. The summed E-state index contributed by atoms with van der Waals surface area (Å²) in [6.07, 6.45) is 0. The van der Waals surface area contributed by atoms with Crippen LogP contribution in [0, 0.1) is 11.3 Å². The Morgan fingerprint density at radius 1 is 1.00 bits per heavy atom. The molecule has 2 N–H and O–H groups in total. The topological polar surface area (TPSA) is 81.2 Å². The summed E-state index contributed by atoms with van der Waals surface area (Å²) in [6, 6.07) is 14.5. The molecule has 2 aromatic carbocycles. The molecule has 3 rings (SSSR count). The Morgan fingerprint density at radius 3 is 2.41 bits per heavy atom. The van der Waals surface area contributed by atoms with Gasteiger partial charge in [-0.1, -0.05) is 35.3 Å². The van der Waals surface area contributed by atoms with Gasteiger partial charge in [0.05, 0.1) is 30.0 Å². The fourth-order valence-corrected chi connectivity index (χ4v) is 3.15. The maximum absolute atomic E-state index is 9.55. The molecule has 1 heterocycles. The number of aromatic nitrogens is 1. The summed E-state index contributed by atoms with van der Waals surface area (Å²) in [4.78, 5) is 4.37. The molecule has 0 bridgehead atoms. The average Bonchev–Trinajstić information content (AvgIpc) is 2.68. The summed E-state index contributed by atoms with van der Waals surface area (Å²) in [5.41, 5.74) is 8.78. The number of pyridine rings is 1. The summed E-state index contributed by atoms with van der Waals surface area (Å²) < 4.78 is 10.6. The number of benzene rings is 2. The first-order chi connectivity index (χ1) is 13.0. The van der Waals surface area contributed by atoms with Crippen LogP contribution in [0.25, 0.3) is 22.4 Å². The molecule has 0 atom stereocenters. The lowest BCUT2D eigenvalue weighted by molar-refractivity contribution is 0.355. The van der Waals surface area contributed by atoms with Gasteiger partial charge in [-0.3, -0.25) is 0 Å². The first-order valence-electron chi connectivity index (χ1n) is 7.87. The minimum absolute atomic E-state index is 0.107. The Balaban J connectivity index is 2.25. The highest BCUT2D eigenvalue weighted by Gasteiger charge is 2.17. The van der Waals surface area contributed by atoms with Crippen LogP contribution < -0.4 is 15.2 Å². The SMILES string of the molecule is COc1ccc(-c2cc(-c3cccc(Cl)c3Cl)c(C#N)c(N)n2)cc1OC. The summed E-state index contributed by atoms with van der Waals surface area (Å²) >= 11 is 12.5. The summed E-state index contributed by atoms with van der Waals surface area (Å²) in [5, 5.41) is 10.3. The maximum atomic E-state index is 9.55. The number of methoxy groups -OCH3 is 2. The molecule has 0 aliphatic rings. The number of anilines is 1. The number of ether oxygens (including phenoxy) is 2. The van der Waals surface area contributed by atoms with E-state index in [0.29, 0.717) is 38.4 Å². The van der Waals surface area contributed by atoms with Crippen molar-refractivity contribution in [1.29, 1.82) is 5.26 Å². The van der Waals surface area contributed by atoms with Crippen molar-refractivity contribution >= 4 is 29.0 Å². The van der Waals surface area contributed by atoms with Crippen molar-refractivity contribution in [3.05, 3.63) is 58.1 Å². The van der Waals surface area contributed by atoms with Crippen LogP contribution in [0.5, 0.6) is 11.5 Å². The smallest absolute Gasteiger partial charge is 0.161 e. The lowest BCUT2D eigenvalue weighted by atomic mass is 9.98. The van der Waals surface area contributed by atoms with Gasteiger partial charge in [-0.15, -0.1) is 0 Å². The van der Waals surface area contributed by atoms with Gasteiger partial charge in [-0.2, -0.15) is 5.26 Å². The minimum atomic E-state index is 0.107. The average molecular weight is 400 g/mol. The van der Waals surface area contributed by atoms with E-state index in [0.717, 1.165) is 5.56 Å². The Kier molecular flexibility index (Phi) is 5.41. The van der Waals surface area contributed by atoms with Gasteiger partial charge in [0.25, 0.3) is 0 Å². The van der Waals surface area contributed by atoms with Gasteiger partial charge in [0.15, 0.2) is 11.5 Å². The minimum Gasteiger partial charge on any atom is -0.493 e. The van der Waals surface area contributed by atoms with E-state index >= 15 is 0 Å². The Morgan fingerprint density at radius 2 is 1.74 bits per heavy atom. The number of nitrogen functional groups attached to an aromatic ring is 1. The van der Waals surface area contributed by atoms with Crippen molar-refractivity contribution in [2.75, 3.05) is 20.0 Å². The molecule has 0 saturated heterocycles. The number of hydrogen-bond acceptors (Lipinski definition) is 5. The second-order valence-corrected chi connectivity index (χ2v) is 6.38. The molecule has 0 radical (unpaired) electrons. The molecule has 0 unspecified atom stereocenters. The predicted molar refractivity (Wildman–Crippen MR) is 107 cm³/mol. The standard InChI is InChI=1S/C20H15Cl2N3O2/c1-26-17-7-6-11(8-18(17)27-2)16-9-13(14(10-23)20(24)25-16)12-4-3-5-15(21)19(12)22/h3-9H,1-2H3,(H2,24,25). The number of halogens is 2. The molecule has 0 saturated carbocycles. The van der Waals surface area contributed by atoms with Crippen LogP contribution in [-0.4, -0.2) is 19.2 Å². The molecule has 7 heteroatoms. The number of rotatable bonds is 4. The van der Waals surface area contributed by atoms with E-state index < -0.39 is 0 Å². The van der Waals surface area contributed by atoms with Crippen LogP contribution >= 0.6 is 23.2 Å². The highest BCUT2D eigenvalue weighted by Crippen LogP contribution is 2.39. The summed E-state index contributed by atoms with van der Waals surface area (Å²) in [7, 11) is 3.12. The summed E-state index contributed by atoms with van der Waals surface area (Å²) in [6.45, 7) is 0. The van der Waals surface area contributed by atoms with Crippen LogP contribution in [0.15, 0.2) is 42.5 Å². The molecule has 136 valence electrons. The zero-order valence-electron chi connectivity index (χ0n) is 14.6. The molecule has 0 amide bonds. The molecule has 0 aliphatic carbocycles. The Labute approximate surface area is 166 Å². The predicted octanol–water partition coefficient (Wildman–Crippen LogP) is 5.19. The van der Waals surface area contributed by atoms with Crippen LogP contribution in [-0.2, 0) is 0 Å². The first-order valence-corrected chi connectivity index (χ1v) is 8.63. The summed E-state index contributed by atoms with van der Waals surface area (Å²) in [5.74, 6) is 1.26. The van der Waals surface area contributed by atoms with Crippen molar-refractivity contribution in [3.63, 3.8) is 0 Å². The number of nitriles is 1. The second-order valence-electron chi connectivity index (χ2n) is 5.60. The van der Waals surface area contributed by atoms with Crippen LogP contribution in [0.3, 0.4) is 0 Å². The fourth-order valence-electron chi connectivity index (χ4n) is 2.75. The molecule has 3 aromatic rings. The molecule has 0 fully saturated rings. The van der Waals surface area contributed by atoms with Gasteiger partial charge in [-0.05, 0) is 30.3 Å². The third-order valence-electron chi connectivity index (χ3n) is 4.08. The third-order valence-corrected chi connectivity index (χ3v) is 4.90. The first kappa shape index (κ1) is 18.8. The van der Waals surface area contributed by atoms with Gasteiger partial charge in [0.1, 0.15) is 17.5 Å². The van der Waals surface area contributed by atoms with Crippen LogP contribution in [0.2, 0.25) is 10.0 Å². The van der Waals surface area contributed by atoms with Crippen molar-refractivity contribution in [3.8, 4) is 40.0 Å². The van der Waals surface area contributed by atoms with Gasteiger partial charge in [-0.25, -0.2) is 4.98 Å². The third kappa shape index (κ3) is 3.50. The van der Waals surface area contributed by atoms with Gasteiger partial charge >= 0.3 is 0 Å². The van der Waals surface area contributed by atoms with Gasteiger partial charge in [0.2, 0.25) is 0 Å². The molecular formula is C20H15Cl2N3O2. The zero-order chi connectivity index (χ0) is 19.6. The molecular weight excluding hydrogens is 385 g/mol. The van der Waals surface area contributed by atoms with Gasteiger partial charge < -0.3 is 15.2 Å². The van der Waals surface area contributed by atoms with Crippen molar-refractivity contribution in [2.45, 2.75) is 0 Å². The number of nitrogens with zero attached hydrogens (tertiary/aromatic N) is 2. The maximum Gasteiger partial charge on any atom is 0.161 e. The lowest BCUT2D eigenvalue weighted by Crippen LogP contribution is -2.00. The van der Waals surface area contributed by atoms with Crippen LogP contribution in [0.1, 0.15) is 5.56 Å². The number of hydrogen-bond donors (Lipinski definition) is 1. The fraction of sp³-hybridized carbons (Fsp3) is 0.100. The quantitative estimate of drug-likeness (QED) is 0.652. The zero-order valence-corrected chi connectivity index (χ0v) is 16.1. The Hall–Kier alpha value is -2.94. The van der Waals surface area contributed by atoms with E-state index in [2.05, 4.69) is 11.1 Å². The van der Waals surface area contributed by atoms with E-state index in [1.165, 1.54) is 0 Å². The largest absolute Gasteiger partial charge is 0.493 e.